The molecule has 0 bridgehead atoms. The first-order valence-corrected chi connectivity index (χ1v) is 8.29. The van der Waals surface area contributed by atoms with Gasteiger partial charge >= 0.3 is 0 Å². The molecule has 20 heavy (non-hydrogen) atoms. The van der Waals surface area contributed by atoms with E-state index < -0.39 is 0 Å². The minimum absolute atomic E-state index is 0.479. The third kappa shape index (κ3) is 3.18. The minimum atomic E-state index is 0.479. The van der Waals surface area contributed by atoms with Gasteiger partial charge in [0.15, 0.2) is 0 Å². The summed E-state index contributed by atoms with van der Waals surface area (Å²) in [5, 5.41) is 4.93. The number of hydrogen-bond donors (Lipinski definition) is 1. The zero-order valence-electron chi connectivity index (χ0n) is 13.2. The van der Waals surface area contributed by atoms with Gasteiger partial charge in [-0.05, 0) is 38.3 Å². The van der Waals surface area contributed by atoms with Crippen molar-refractivity contribution in [1.29, 1.82) is 0 Å². The van der Waals surface area contributed by atoms with E-state index >= 15 is 0 Å². The van der Waals surface area contributed by atoms with Crippen LogP contribution in [0.1, 0.15) is 43.3 Å². The molecule has 0 aliphatic rings. The van der Waals surface area contributed by atoms with E-state index in [4.69, 9.17) is 0 Å². The van der Waals surface area contributed by atoms with E-state index in [1.165, 1.54) is 27.9 Å². The lowest BCUT2D eigenvalue weighted by molar-refractivity contribution is 0.395. The smallest absolute Gasteiger partial charge is 0.127 e. The monoisotopic (exact) mass is 291 g/mol. The van der Waals surface area contributed by atoms with Crippen LogP contribution in [0.3, 0.4) is 0 Å². The molecule has 0 fully saturated rings. The van der Waals surface area contributed by atoms with Crippen molar-refractivity contribution in [2.45, 2.75) is 53.5 Å². The summed E-state index contributed by atoms with van der Waals surface area (Å²) in [6, 6.07) is 0.479. The van der Waals surface area contributed by atoms with Crippen molar-refractivity contribution in [3.63, 3.8) is 0 Å². The molecule has 0 saturated carbocycles. The number of thiophene rings is 1. The summed E-state index contributed by atoms with van der Waals surface area (Å²) in [7, 11) is 0. The maximum absolute atomic E-state index is 4.57. The zero-order valence-corrected chi connectivity index (χ0v) is 14.0. The van der Waals surface area contributed by atoms with Crippen molar-refractivity contribution in [2.75, 3.05) is 6.54 Å². The second kappa shape index (κ2) is 6.64. The summed E-state index contributed by atoms with van der Waals surface area (Å²) in [4.78, 5) is 11.5. The lowest BCUT2D eigenvalue weighted by Gasteiger charge is -2.22. The summed E-state index contributed by atoms with van der Waals surface area (Å²) in [5.74, 6) is 0.603. The summed E-state index contributed by atoms with van der Waals surface area (Å²) in [6.45, 7) is 12.2. The van der Waals surface area contributed by atoms with E-state index in [0.717, 1.165) is 17.8 Å². The van der Waals surface area contributed by atoms with Gasteiger partial charge in [0.2, 0.25) is 0 Å². The van der Waals surface area contributed by atoms with Crippen LogP contribution in [-0.4, -0.2) is 22.6 Å². The van der Waals surface area contributed by atoms with Crippen LogP contribution in [0.4, 0.5) is 0 Å². The molecular weight excluding hydrogens is 266 g/mol. The summed E-state index contributed by atoms with van der Waals surface area (Å²) in [6.07, 6.45) is 3.86. The molecule has 0 spiro atoms. The molecule has 3 nitrogen and oxygen atoms in total. The Morgan fingerprint density at radius 2 is 2.00 bits per heavy atom. The highest BCUT2D eigenvalue weighted by molar-refractivity contribution is 7.18. The fourth-order valence-electron chi connectivity index (χ4n) is 2.49. The molecule has 1 unspecified atom stereocenters. The molecule has 0 radical (unpaired) electrons. The Hall–Kier alpha value is -1.00. The molecule has 2 aromatic heterocycles. The molecule has 0 aromatic carbocycles. The Morgan fingerprint density at radius 3 is 2.65 bits per heavy atom. The number of aryl methyl sites for hydroxylation is 2. The standard InChI is InChI=1S/C16H25N3S/c1-6-7-17-13(10(2)3)8-14-15-11(4)12(5)20-16(15)19-9-18-14/h9-10,13,17H,6-8H2,1-5H3. The number of aromatic nitrogens is 2. The van der Waals surface area contributed by atoms with E-state index in [1.807, 2.05) is 0 Å². The van der Waals surface area contributed by atoms with Gasteiger partial charge in [0, 0.05) is 22.7 Å². The number of hydrogen-bond acceptors (Lipinski definition) is 4. The third-order valence-corrected chi connectivity index (χ3v) is 5.03. The van der Waals surface area contributed by atoms with E-state index in [2.05, 4.69) is 49.9 Å². The zero-order chi connectivity index (χ0) is 14.7. The van der Waals surface area contributed by atoms with Crippen molar-refractivity contribution >= 4 is 21.6 Å². The van der Waals surface area contributed by atoms with Gasteiger partial charge in [0.1, 0.15) is 11.2 Å². The number of rotatable bonds is 6. The van der Waals surface area contributed by atoms with Gasteiger partial charge in [-0.1, -0.05) is 20.8 Å². The van der Waals surface area contributed by atoms with Gasteiger partial charge in [0.05, 0.1) is 5.69 Å². The fraction of sp³-hybridized carbons (Fsp3) is 0.625. The van der Waals surface area contributed by atoms with Crippen LogP contribution in [0.5, 0.6) is 0 Å². The average Bonchev–Trinajstić information content (AvgIpc) is 2.70. The number of fused-ring (bicyclic) bond motifs is 1. The minimum Gasteiger partial charge on any atom is -0.313 e. The van der Waals surface area contributed by atoms with Crippen LogP contribution in [-0.2, 0) is 6.42 Å². The predicted octanol–water partition coefficient (Wildman–Crippen LogP) is 3.87. The van der Waals surface area contributed by atoms with Gasteiger partial charge in [0.25, 0.3) is 0 Å². The molecular formula is C16H25N3S. The molecule has 2 heterocycles. The molecule has 0 amide bonds. The Bertz CT molecular complexity index is 574. The van der Waals surface area contributed by atoms with E-state index in [-0.39, 0.29) is 0 Å². The lowest BCUT2D eigenvalue weighted by Crippen LogP contribution is -2.36. The van der Waals surface area contributed by atoms with E-state index in [9.17, 15) is 0 Å². The van der Waals surface area contributed by atoms with Gasteiger partial charge in [-0.3, -0.25) is 0 Å². The lowest BCUT2D eigenvalue weighted by atomic mass is 9.97. The van der Waals surface area contributed by atoms with Gasteiger partial charge in [-0.25, -0.2) is 9.97 Å². The van der Waals surface area contributed by atoms with Crippen LogP contribution >= 0.6 is 11.3 Å². The Morgan fingerprint density at radius 1 is 1.25 bits per heavy atom. The normalized spacial score (nSPS) is 13.3. The Kier molecular flexibility index (Phi) is 5.11. The molecule has 0 saturated heterocycles. The van der Waals surface area contributed by atoms with Crippen molar-refractivity contribution in [1.82, 2.24) is 15.3 Å². The SMILES string of the molecule is CCCNC(Cc1ncnc2sc(C)c(C)c12)C(C)C. The topological polar surface area (TPSA) is 37.8 Å². The highest BCUT2D eigenvalue weighted by Crippen LogP contribution is 2.30. The number of nitrogens with zero attached hydrogens (tertiary/aromatic N) is 2. The first kappa shape index (κ1) is 15.4. The van der Waals surface area contributed by atoms with Gasteiger partial charge < -0.3 is 5.32 Å². The second-order valence-corrected chi connectivity index (χ2v) is 7.00. The van der Waals surface area contributed by atoms with Crippen molar-refractivity contribution in [2.24, 2.45) is 5.92 Å². The average molecular weight is 291 g/mol. The molecule has 1 atom stereocenters. The molecule has 1 N–H and O–H groups in total. The summed E-state index contributed by atoms with van der Waals surface area (Å²) in [5.41, 5.74) is 2.54. The summed E-state index contributed by atoms with van der Waals surface area (Å²) < 4.78 is 0. The molecule has 4 heteroatoms. The molecule has 2 aromatic rings. The first-order chi connectivity index (χ1) is 9.54. The Balaban J connectivity index is 2.32. The molecule has 0 aliphatic carbocycles. The van der Waals surface area contributed by atoms with Crippen molar-refractivity contribution in [3.8, 4) is 0 Å². The Labute approximate surface area is 125 Å². The van der Waals surface area contributed by atoms with E-state index in [0.29, 0.717) is 12.0 Å². The van der Waals surface area contributed by atoms with Gasteiger partial charge in [-0.2, -0.15) is 0 Å². The molecule has 0 aliphatic heterocycles. The highest BCUT2D eigenvalue weighted by atomic mass is 32.1. The number of nitrogens with one attached hydrogen (secondary N) is 1. The highest BCUT2D eigenvalue weighted by Gasteiger charge is 2.18. The maximum atomic E-state index is 4.57. The van der Waals surface area contributed by atoms with Crippen LogP contribution < -0.4 is 5.32 Å². The van der Waals surface area contributed by atoms with Gasteiger partial charge in [-0.15, -0.1) is 11.3 Å². The van der Waals surface area contributed by atoms with Crippen LogP contribution in [0.25, 0.3) is 10.2 Å². The van der Waals surface area contributed by atoms with Crippen LogP contribution in [0, 0.1) is 19.8 Å². The van der Waals surface area contributed by atoms with Crippen molar-refractivity contribution in [3.05, 3.63) is 22.5 Å². The fourth-order valence-corrected chi connectivity index (χ4v) is 3.51. The first-order valence-electron chi connectivity index (χ1n) is 7.47. The summed E-state index contributed by atoms with van der Waals surface area (Å²) >= 11 is 1.77. The van der Waals surface area contributed by atoms with Crippen LogP contribution in [0.15, 0.2) is 6.33 Å². The van der Waals surface area contributed by atoms with Crippen molar-refractivity contribution < 1.29 is 0 Å². The van der Waals surface area contributed by atoms with E-state index in [1.54, 1.807) is 17.7 Å². The molecule has 2 rings (SSSR count). The molecule has 110 valence electrons. The largest absolute Gasteiger partial charge is 0.313 e. The van der Waals surface area contributed by atoms with Crippen LogP contribution in [0.2, 0.25) is 0 Å². The predicted molar refractivity (Wildman–Crippen MR) is 87.5 cm³/mol. The maximum Gasteiger partial charge on any atom is 0.127 e. The third-order valence-electron chi connectivity index (χ3n) is 3.92. The second-order valence-electron chi connectivity index (χ2n) is 5.79. The quantitative estimate of drug-likeness (QED) is 0.878.